The molecule has 0 aromatic heterocycles. The van der Waals surface area contributed by atoms with Gasteiger partial charge in [-0.15, -0.1) is 0 Å². The lowest BCUT2D eigenvalue weighted by molar-refractivity contribution is -0.705. The molecule has 1 fully saturated rings. The van der Waals surface area contributed by atoms with Gasteiger partial charge in [-0.2, -0.15) is 0 Å². The Balaban J connectivity index is 2.12. The molecule has 1 heterocycles. The summed E-state index contributed by atoms with van der Waals surface area (Å²) < 4.78 is 0. The summed E-state index contributed by atoms with van der Waals surface area (Å²) in [6.45, 7) is 1.05. The van der Waals surface area contributed by atoms with Gasteiger partial charge in [0.25, 0.3) is 0 Å². The smallest absolute Gasteiger partial charge is 0.157 e. The maximum absolute atomic E-state index is 10.1. The van der Waals surface area contributed by atoms with Gasteiger partial charge in [-0.25, -0.2) is 0 Å². The van der Waals surface area contributed by atoms with E-state index in [1.54, 1.807) is 6.07 Å². The second-order valence-corrected chi connectivity index (χ2v) is 4.38. The normalized spacial score (nSPS) is 22.9. The van der Waals surface area contributed by atoms with Crippen LogP contribution in [0.2, 0.25) is 0 Å². The van der Waals surface area contributed by atoms with Gasteiger partial charge in [-0.05, 0) is 30.5 Å². The number of hydrogen-bond acceptors (Lipinski definition) is 3. The van der Waals surface area contributed by atoms with Crippen molar-refractivity contribution in [3.8, 4) is 11.5 Å². The molecule has 0 spiro atoms. The standard InChI is InChI=1S/C12H17NO3/c14-10-5-4-8(7-11(10)15)12(16)9-3-1-2-6-13-9/h4-5,7,9,12-16H,1-3,6H2/p+1/t9-,12-/m1/s1. The van der Waals surface area contributed by atoms with Gasteiger partial charge in [0.2, 0.25) is 0 Å². The fourth-order valence-electron chi connectivity index (χ4n) is 2.23. The molecule has 1 aliphatic heterocycles. The summed E-state index contributed by atoms with van der Waals surface area (Å²) in [7, 11) is 0. The summed E-state index contributed by atoms with van der Waals surface area (Å²) in [5.41, 5.74) is 0.665. The molecule has 0 bridgehead atoms. The van der Waals surface area contributed by atoms with Crippen LogP contribution in [0.4, 0.5) is 0 Å². The first-order valence-corrected chi connectivity index (χ1v) is 5.72. The number of aromatic hydroxyl groups is 2. The minimum atomic E-state index is -0.577. The van der Waals surface area contributed by atoms with Crippen LogP contribution in [0.3, 0.4) is 0 Å². The van der Waals surface area contributed by atoms with E-state index in [4.69, 9.17) is 0 Å². The van der Waals surface area contributed by atoms with Crippen molar-refractivity contribution >= 4 is 0 Å². The van der Waals surface area contributed by atoms with Gasteiger partial charge in [0.15, 0.2) is 11.5 Å². The number of aliphatic hydroxyl groups is 1. The molecular weight excluding hydrogens is 206 g/mol. The van der Waals surface area contributed by atoms with E-state index in [0.717, 1.165) is 19.4 Å². The first-order valence-electron chi connectivity index (χ1n) is 5.72. The third kappa shape index (κ3) is 2.28. The van der Waals surface area contributed by atoms with Crippen LogP contribution in [0.25, 0.3) is 0 Å². The molecular formula is C12H18NO3+. The summed E-state index contributed by atoms with van der Waals surface area (Å²) in [6, 6.07) is 4.67. The summed E-state index contributed by atoms with van der Waals surface area (Å²) in [5, 5.41) is 30.9. The van der Waals surface area contributed by atoms with Gasteiger partial charge < -0.3 is 20.6 Å². The molecule has 2 atom stereocenters. The molecule has 0 unspecified atom stereocenters. The van der Waals surface area contributed by atoms with Gasteiger partial charge in [-0.1, -0.05) is 6.07 Å². The molecule has 4 nitrogen and oxygen atoms in total. The van der Waals surface area contributed by atoms with Crippen molar-refractivity contribution in [2.45, 2.75) is 31.4 Å². The summed E-state index contributed by atoms with van der Waals surface area (Å²) in [4.78, 5) is 0. The fourth-order valence-corrected chi connectivity index (χ4v) is 2.23. The Bertz CT molecular complexity index is 361. The van der Waals surface area contributed by atoms with Crippen molar-refractivity contribution in [3.05, 3.63) is 23.8 Å². The van der Waals surface area contributed by atoms with E-state index in [0.29, 0.717) is 5.56 Å². The lowest BCUT2D eigenvalue weighted by Crippen LogP contribution is -2.92. The first-order chi connectivity index (χ1) is 7.68. The number of hydrogen-bond donors (Lipinski definition) is 4. The first kappa shape index (κ1) is 11.2. The van der Waals surface area contributed by atoms with Crippen molar-refractivity contribution in [2.75, 3.05) is 6.54 Å². The van der Waals surface area contributed by atoms with Crippen LogP contribution in [-0.4, -0.2) is 27.9 Å². The fraction of sp³-hybridized carbons (Fsp3) is 0.500. The van der Waals surface area contributed by atoms with Crippen LogP contribution >= 0.6 is 0 Å². The molecule has 16 heavy (non-hydrogen) atoms. The zero-order valence-corrected chi connectivity index (χ0v) is 9.13. The Morgan fingerprint density at radius 3 is 2.62 bits per heavy atom. The second-order valence-electron chi connectivity index (χ2n) is 4.38. The molecule has 1 saturated heterocycles. The maximum atomic E-state index is 10.1. The number of quaternary nitrogens is 1. The molecule has 1 aromatic rings. The number of phenols is 2. The molecule has 1 aromatic carbocycles. The van der Waals surface area contributed by atoms with E-state index >= 15 is 0 Å². The molecule has 2 rings (SSSR count). The number of benzene rings is 1. The molecule has 5 N–H and O–H groups in total. The van der Waals surface area contributed by atoms with Gasteiger partial charge in [0.1, 0.15) is 12.1 Å². The van der Waals surface area contributed by atoms with E-state index in [1.165, 1.54) is 18.6 Å². The molecule has 0 amide bonds. The summed E-state index contributed by atoms with van der Waals surface area (Å²) >= 11 is 0. The van der Waals surface area contributed by atoms with E-state index in [9.17, 15) is 15.3 Å². The summed E-state index contributed by atoms with van der Waals surface area (Å²) in [6.07, 6.45) is 2.75. The highest BCUT2D eigenvalue weighted by Gasteiger charge is 2.26. The molecule has 1 aliphatic rings. The zero-order valence-electron chi connectivity index (χ0n) is 9.13. The van der Waals surface area contributed by atoms with E-state index in [2.05, 4.69) is 5.32 Å². The average molecular weight is 224 g/mol. The van der Waals surface area contributed by atoms with Crippen LogP contribution < -0.4 is 5.32 Å². The SMILES string of the molecule is Oc1ccc([C@@H](O)[C@H]2CCCC[NH2+]2)cc1O. The van der Waals surface area contributed by atoms with Gasteiger partial charge in [0, 0.05) is 6.42 Å². The lowest BCUT2D eigenvalue weighted by Gasteiger charge is -2.25. The third-order valence-corrected chi connectivity index (χ3v) is 3.21. The predicted octanol–water partition coefficient (Wildman–Crippen LogP) is 0.247. The van der Waals surface area contributed by atoms with Gasteiger partial charge in [0.05, 0.1) is 6.54 Å². The quantitative estimate of drug-likeness (QED) is 0.544. The van der Waals surface area contributed by atoms with Gasteiger partial charge >= 0.3 is 0 Å². The van der Waals surface area contributed by atoms with Crippen molar-refractivity contribution in [1.82, 2.24) is 0 Å². The average Bonchev–Trinajstić information content (AvgIpc) is 2.33. The Morgan fingerprint density at radius 1 is 1.19 bits per heavy atom. The van der Waals surface area contributed by atoms with Crippen LogP contribution in [0, 0.1) is 0 Å². The highest BCUT2D eigenvalue weighted by molar-refractivity contribution is 5.41. The number of rotatable bonds is 2. The van der Waals surface area contributed by atoms with E-state index in [1.807, 2.05) is 0 Å². The van der Waals surface area contributed by atoms with Crippen LogP contribution in [0.1, 0.15) is 30.9 Å². The second kappa shape index (κ2) is 4.72. The summed E-state index contributed by atoms with van der Waals surface area (Å²) in [5.74, 6) is -0.323. The number of nitrogens with two attached hydrogens (primary N) is 1. The highest BCUT2D eigenvalue weighted by Crippen LogP contribution is 2.29. The molecule has 0 radical (unpaired) electrons. The van der Waals surface area contributed by atoms with Crippen molar-refractivity contribution in [1.29, 1.82) is 0 Å². The number of piperidine rings is 1. The highest BCUT2D eigenvalue weighted by atomic mass is 16.3. The zero-order chi connectivity index (χ0) is 11.5. The predicted molar refractivity (Wildman–Crippen MR) is 59.2 cm³/mol. The lowest BCUT2D eigenvalue weighted by atomic mass is 9.95. The van der Waals surface area contributed by atoms with Crippen molar-refractivity contribution < 1.29 is 20.6 Å². The number of aliphatic hydroxyl groups excluding tert-OH is 1. The van der Waals surface area contributed by atoms with Gasteiger partial charge in [-0.3, -0.25) is 0 Å². The topological polar surface area (TPSA) is 77.3 Å². The number of phenolic OH excluding ortho intramolecular Hbond substituents is 2. The monoisotopic (exact) mass is 224 g/mol. The molecule has 0 saturated carbocycles. The molecule has 88 valence electrons. The Morgan fingerprint density at radius 2 is 2.00 bits per heavy atom. The minimum absolute atomic E-state index is 0.149. The van der Waals surface area contributed by atoms with E-state index < -0.39 is 6.10 Å². The molecule has 0 aliphatic carbocycles. The van der Waals surface area contributed by atoms with Crippen LogP contribution in [-0.2, 0) is 0 Å². The van der Waals surface area contributed by atoms with Crippen molar-refractivity contribution in [3.63, 3.8) is 0 Å². The maximum Gasteiger partial charge on any atom is 0.157 e. The Labute approximate surface area is 94.5 Å². The minimum Gasteiger partial charge on any atom is -0.504 e. The van der Waals surface area contributed by atoms with Crippen molar-refractivity contribution in [2.24, 2.45) is 0 Å². The third-order valence-electron chi connectivity index (χ3n) is 3.21. The van der Waals surface area contributed by atoms with Crippen LogP contribution in [0.5, 0.6) is 11.5 Å². The largest absolute Gasteiger partial charge is 0.504 e. The Hall–Kier alpha value is -1.26. The van der Waals surface area contributed by atoms with Crippen LogP contribution in [0.15, 0.2) is 18.2 Å². The molecule has 4 heteroatoms. The van der Waals surface area contributed by atoms with E-state index in [-0.39, 0.29) is 17.5 Å². The Kier molecular flexibility index (Phi) is 3.31.